The SMILES string of the molecule is Cc1cc(C)c2[nH]c(CN3CCC[C@@](O)(CN(C)C)CC3)cc(=O)c2c1. The van der Waals surface area contributed by atoms with E-state index in [0.717, 1.165) is 66.6 Å². The zero-order valence-corrected chi connectivity index (χ0v) is 16.4. The summed E-state index contributed by atoms with van der Waals surface area (Å²) in [6, 6.07) is 5.80. The van der Waals surface area contributed by atoms with Crippen molar-refractivity contribution in [2.45, 2.75) is 45.3 Å². The van der Waals surface area contributed by atoms with Crippen LogP contribution in [0.1, 0.15) is 36.1 Å². The zero-order valence-electron chi connectivity index (χ0n) is 16.4. The summed E-state index contributed by atoms with van der Waals surface area (Å²) in [6.45, 7) is 7.27. The van der Waals surface area contributed by atoms with Crippen LogP contribution in [0.5, 0.6) is 0 Å². The first-order valence-electron chi connectivity index (χ1n) is 9.48. The summed E-state index contributed by atoms with van der Waals surface area (Å²) in [5, 5.41) is 11.6. The van der Waals surface area contributed by atoms with Crippen molar-refractivity contribution >= 4 is 10.9 Å². The molecule has 0 amide bonds. The van der Waals surface area contributed by atoms with Crippen molar-refractivity contribution in [1.29, 1.82) is 0 Å². The molecule has 2 N–H and O–H groups in total. The molecular formula is C21H31N3O2. The fourth-order valence-electron chi connectivity index (χ4n) is 4.23. The van der Waals surface area contributed by atoms with Crippen molar-refractivity contribution in [2.24, 2.45) is 0 Å². The minimum Gasteiger partial charge on any atom is -0.389 e. The molecule has 1 saturated heterocycles. The molecule has 1 aromatic heterocycles. The summed E-state index contributed by atoms with van der Waals surface area (Å²) in [5.74, 6) is 0. The van der Waals surface area contributed by atoms with Crippen molar-refractivity contribution in [3.63, 3.8) is 0 Å². The first-order chi connectivity index (χ1) is 12.3. The lowest BCUT2D eigenvalue weighted by atomic mass is 9.94. The van der Waals surface area contributed by atoms with Gasteiger partial charge in [-0.3, -0.25) is 9.69 Å². The summed E-state index contributed by atoms with van der Waals surface area (Å²) in [4.78, 5) is 20.4. The molecule has 2 heterocycles. The van der Waals surface area contributed by atoms with Gasteiger partial charge in [-0.1, -0.05) is 6.07 Å². The van der Waals surface area contributed by atoms with Crippen LogP contribution in [0.25, 0.3) is 10.9 Å². The number of aliphatic hydroxyl groups is 1. The van der Waals surface area contributed by atoms with Crippen LogP contribution in [0.3, 0.4) is 0 Å². The Morgan fingerprint density at radius 3 is 2.69 bits per heavy atom. The molecule has 26 heavy (non-hydrogen) atoms. The Morgan fingerprint density at radius 1 is 1.19 bits per heavy atom. The number of nitrogens with one attached hydrogen (secondary N) is 1. The van der Waals surface area contributed by atoms with Crippen LogP contribution in [0, 0.1) is 13.8 Å². The minimum absolute atomic E-state index is 0.0829. The number of aromatic nitrogens is 1. The highest BCUT2D eigenvalue weighted by Gasteiger charge is 2.30. The second-order valence-corrected chi connectivity index (χ2v) is 8.26. The predicted molar refractivity (Wildman–Crippen MR) is 107 cm³/mol. The van der Waals surface area contributed by atoms with Crippen molar-refractivity contribution in [3.05, 3.63) is 45.2 Å². The number of nitrogens with zero attached hydrogens (tertiary/aromatic N) is 2. The van der Waals surface area contributed by atoms with E-state index in [1.807, 2.05) is 34.0 Å². The largest absolute Gasteiger partial charge is 0.389 e. The van der Waals surface area contributed by atoms with Crippen LogP contribution in [-0.2, 0) is 6.54 Å². The Labute approximate surface area is 155 Å². The molecule has 0 saturated carbocycles. The lowest BCUT2D eigenvalue weighted by molar-refractivity contribution is 0.00255. The molecule has 0 aliphatic carbocycles. The maximum Gasteiger partial charge on any atom is 0.189 e. The number of aromatic amines is 1. The topological polar surface area (TPSA) is 59.6 Å². The minimum atomic E-state index is -0.608. The van der Waals surface area contributed by atoms with Gasteiger partial charge in [-0.05, 0) is 70.9 Å². The maximum atomic E-state index is 12.6. The first kappa shape index (κ1) is 19.1. The molecule has 0 bridgehead atoms. The second kappa shape index (κ2) is 7.51. The van der Waals surface area contributed by atoms with Gasteiger partial charge in [-0.25, -0.2) is 0 Å². The van der Waals surface area contributed by atoms with E-state index in [0.29, 0.717) is 6.54 Å². The quantitative estimate of drug-likeness (QED) is 0.882. The Morgan fingerprint density at radius 2 is 1.96 bits per heavy atom. The summed E-state index contributed by atoms with van der Waals surface area (Å²) >= 11 is 0. The van der Waals surface area contributed by atoms with E-state index >= 15 is 0 Å². The van der Waals surface area contributed by atoms with Gasteiger partial charge in [0.2, 0.25) is 0 Å². The van der Waals surface area contributed by atoms with Crippen LogP contribution >= 0.6 is 0 Å². The van der Waals surface area contributed by atoms with E-state index in [-0.39, 0.29) is 5.43 Å². The third kappa shape index (κ3) is 4.34. The molecule has 1 atom stereocenters. The number of benzene rings is 1. The average Bonchev–Trinajstić information content (AvgIpc) is 2.70. The number of H-pyrrole nitrogens is 1. The number of hydrogen-bond acceptors (Lipinski definition) is 4. The first-order valence-corrected chi connectivity index (χ1v) is 9.48. The summed E-state index contributed by atoms with van der Waals surface area (Å²) in [5.41, 5.74) is 3.59. The van der Waals surface area contributed by atoms with Gasteiger partial charge in [0.25, 0.3) is 0 Å². The van der Waals surface area contributed by atoms with Gasteiger partial charge in [0.15, 0.2) is 5.43 Å². The van der Waals surface area contributed by atoms with Gasteiger partial charge in [0, 0.05) is 36.8 Å². The number of rotatable bonds is 4. The van der Waals surface area contributed by atoms with Gasteiger partial charge in [-0.2, -0.15) is 0 Å². The number of aryl methyl sites for hydroxylation is 2. The molecule has 142 valence electrons. The molecule has 1 aliphatic heterocycles. The van der Waals surface area contributed by atoms with E-state index in [2.05, 4.69) is 20.9 Å². The molecular weight excluding hydrogens is 326 g/mol. The van der Waals surface area contributed by atoms with E-state index in [1.165, 1.54) is 0 Å². The number of pyridine rings is 1. The van der Waals surface area contributed by atoms with Gasteiger partial charge in [-0.15, -0.1) is 0 Å². The van der Waals surface area contributed by atoms with E-state index in [9.17, 15) is 9.90 Å². The van der Waals surface area contributed by atoms with Crippen molar-refractivity contribution < 1.29 is 5.11 Å². The molecule has 0 radical (unpaired) electrons. The van der Waals surface area contributed by atoms with Crippen molar-refractivity contribution in [3.8, 4) is 0 Å². The second-order valence-electron chi connectivity index (χ2n) is 8.26. The fourth-order valence-corrected chi connectivity index (χ4v) is 4.23. The van der Waals surface area contributed by atoms with Crippen molar-refractivity contribution in [2.75, 3.05) is 33.7 Å². The third-order valence-electron chi connectivity index (χ3n) is 5.35. The van der Waals surface area contributed by atoms with Crippen LogP contribution in [-0.4, -0.2) is 59.2 Å². The van der Waals surface area contributed by atoms with Crippen LogP contribution in [0.15, 0.2) is 23.0 Å². The Balaban J connectivity index is 1.78. The third-order valence-corrected chi connectivity index (χ3v) is 5.35. The van der Waals surface area contributed by atoms with E-state index < -0.39 is 5.60 Å². The van der Waals surface area contributed by atoms with Crippen molar-refractivity contribution in [1.82, 2.24) is 14.8 Å². The van der Waals surface area contributed by atoms with Crippen LogP contribution < -0.4 is 5.43 Å². The highest BCUT2D eigenvalue weighted by molar-refractivity contribution is 5.82. The maximum absolute atomic E-state index is 12.6. The smallest absolute Gasteiger partial charge is 0.189 e. The Bertz CT molecular complexity index is 843. The molecule has 3 rings (SSSR count). The van der Waals surface area contributed by atoms with E-state index in [1.54, 1.807) is 6.07 Å². The van der Waals surface area contributed by atoms with Gasteiger partial charge >= 0.3 is 0 Å². The average molecular weight is 357 g/mol. The molecule has 5 nitrogen and oxygen atoms in total. The van der Waals surface area contributed by atoms with Crippen LogP contribution in [0.4, 0.5) is 0 Å². The fraction of sp³-hybridized carbons (Fsp3) is 0.571. The standard InChI is InChI=1S/C21H31N3O2/c1-15-10-16(2)20-18(11-15)19(25)12-17(22-20)13-24-8-5-6-21(26,7-9-24)14-23(3)4/h10-12,26H,5-9,13-14H2,1-4H3,(H,22,25)/t21-/m0/s1. The highest BCUT2D eigenvalue weighted by atomic mass is 16.3. The molecule has 2 aromatic rings. The number of likely N-dealkylation sites (tertiary alicyclic amines) is 1. The molecule has 0 spiro atoms. The normalized spacial score (nSPS) is 22.1. The van der Waals surface area contributed by atoms with E-state index in [4.69, 9.17) is 0 Å². The Kier molecular flexibility index (Phi) is 5.51. The predicted octanol–water partition coefficient (Wildman–Crippen LogP) is 2.42. The number of hydrogen-bond donors (Lipinski definition) is 2. The summed E-state index contributed by atoms with van der Waals surface area (Å²) < 4.78 is 0. The monoisotopic (exact) mass is 357 g/mol. The van der Waals surface area contributed by atoms with Crippen LogP contribution in [0.2, 0.25) is 0 Å². The Hall–Kier alpha value is -1.69. The molecule has 1 aromatic carbocycles. The van der Waals surface area contributed by atoms with Gasteiger partial charge in [0.05, 0.1) is 11.1 Å². The lowest BCUT2D eigenvalue weighted by Crippen LogP contribution is -2.40. The lowest BCUT2D eigenvalue weighted by Gasteiger charge is -2.30. The van der Waals surface area contributed by atoms with Gasteiger partial charge in [0.1, 0.15) is 0 Å². The highest BCUT2D eigenvalue weighted by Crippen LogP contribution is 2.24. The molecule has 0 unspecified atom stereocenters. The molecule has 1 fully saturated rings. The molecule has 5 heteroatoms. The number of likely N-dealkylation sites (N-methyl/N-ethyl adjacent to an activating group) is 1. The van der Waals surface area contributed by atoms with Gasteiger partial charge < -0.3 is 15.0 Å². The molecule has 1 aliphatic rings. The zero-order chi connectivity index (χ0) is 18.9. The number of fused-ring (bicyclic) bond motifs is 1. The summed E-state index contributed by atoms with van der Waals surface area (Å²) in [7, 11) is 4.01. The summed E-state index contributed by atoms with van der Waals surface area (Å²) in [6.07, 6.45) is 2.57.